The van der Waals surface area contributed by atoms with Gasteiger partial charge in [-0.15, -0.1) is 0 Å². The maximum Gasteiger partial charge on any atom is 0.258 e. The molecule has 4 heteroatoms. The molecule has 18 heavy (non-hydrogen) atoms. The monoisotopic (exact) mass is 248 g/mol. The van der Waals surface area contributed by atoms with Crippen molar-refractivity contribution in [1.29, 1.82) is 0 Å². The number of amides is 1. The average molecular weight is 248 g/mol. The summed E-state index contributed by atoms with van der Waals surface area (Å²) >= 11 is 0. The van der Waals surface area contributed by atoms with Gasteiger partial charge in [-0.2, -0.15) is 0 Å². The molecule has 1 fully saturated rings. The molecule has 0 radical (unpaired) electrons. The highest BCUT2D eigenvalue weighted by molar-refractivity contribution is 5.99. The molecule has 1 aliphatic heterocycles. The molecule has 0 bridgehead atoms. The van der Waals surface area contributed by atoms with Gasteiger partial charge in [0, 0.05) is 12.1 Å². The molecule has 1 amide bonds. The summed E-state index contributed by atoms with van der Waals surface area (Å²) in [5.74, 6) is 0.479. The van der Waals surface area contributed by atoms with Gasteiger partial charge in [0.25, 0.3) is 5.91 Å². The summed E-state index contributed by atoms with van der Waals surface area (Å²) < 4.78 is 5.25. The summed E-state index contributed by atoms with van der Waals surface area (Å²) in [6.07, 6.45) is 2.08. The molecule has 0 unspecified atom stereocenters. The molecule has 2 N–H and O–H groups in total. The lowest BCUT2D eigenvalue weighted by atomic mass is 10.0. The minimum absolute atomic E-state index is 0.00153. The zero-order valence-electron chi connectivity index (χ0n) is 11.2. The lowest BCUT2D eigenvalue weighted by molar-refractivity contribution is 0.0648. The summed E-state index contributed by atoms with van der Waals surface area (Å²) in [5.41, 5.74) is 6.80. The van der Waals surface area contributed by atoms with Gasteiger partial charge >= 0.3 is 0 Å². The maximum atomic E-state index is 12.6. The number of benzene rings is 1. The molecule has 2 rings (SSSR count). The van der Waals surface area contributed by atoms with Gasteiger partial charge in [0.15, 0.2) is 5.75 Å². The highest BCUT2D eigenvalue weighted by Crippen LogP contribution is 2.33. The Balaban J connectivity index is 2.38. The highest BCUT2D eigenvalue weighted by atomic mass is 16.5. The zero-order chi connectivity index (χ0) is 13.3. The van der Waals surface area contributed by atoms with E-state index >= 15 is 0 Å². The van der Waals surface area contributed by atoms with E-state index in [2.05, 4.69) is 13.8 Å². The highest BCUT2D eigenvalue weighted by Gasteiger charge is 2.36. The van der Waals surface area contributed by atoms with Gasteiger partial charge in [-0.1, -0.05) is 6.07 Å². The fraction of sp³-hybridized carbons (Fsp3) is 0.500. The minimum atomic E-state index is -0.0906. The van der Waals surface area contributed by atoms with E-state index in [4.69, 9.17) is 10.5 Å². The van der Waals surface area contributed by atoms with Crippen molar-refractivity contribution in [2.45, 2.75) is 32.2 Å². The summed E-state index contributed by atoms with van der Waals surface area (Å²) in [7, 11) is 1.54. The second-order valence-corrected chi connectivity index (χ2v) is 5.30. The van der Waals surface area contributed by atoms with Gasteiger partial charge in [-0.05, 0) is 38.8 Å². The van der Waals surface area contributed by atoms with E-state index in [9.17, 15) is 4.79 Å². The number of carbonyl (C=O) groups is 1. The number of nitrogens with two attached hydrogens (primary N) is 1. The quantitative estimate of drug-likeness (QED) is 0.817. The van der Waals surface area contributed by atoms with Crippen LogP contribution in [-0.4, -0.2) is 30.0 Å². The number of carbonyl (C=O) groups excluding carboxylic acids is 1. The third-order valence-electron chi connectivity index (χ3n) is 3.63. The number of para-hydroxylation sites is 1. The molecule has 1 aromatic carbocycles. The van der Waals surface area contributed by atoms with Crippen molar-refractivity contribution in [3.05, 3.63) is 23.8 Å². The van der Waals surface area contributed by atoms with Crippen molar-refractivity contribution in [1.82, 2.24) is 4.90 Å². The fourth-order valence-corrected chi connectivity index (χ4v) is 2.58. The number of rotatable bonds is 2. The van der Waals surface area contributed by atoms with Gasteiger partial charge < -0.3 is 15.4 Å². The molecule has 1 heterocycles. The van der Waals surface area contributed by atoms with Crippen LogP contribution >= 0.6 is 0 Å². The number of nitrogen functional groups attached to an aromatic ring is 1. The first-order valence-electron chi connectivity index (χ1n) is 6.22. The smallest absolute Gasteiger partial charge is 0.258 e. The van der Waals surface area contributed by atoms with Crippen LogP contribution in [0.3, 0.4) is 0 Å². The molecule has 1 saturated heterocycles. The number of anilines is 1. The summed E-state index contributed by atoms with van der Waals surface area (Å²) in [4.78, 5) is 14.5. The number of nitrogens with zero attached hydrogens (tertiary/aromatic N) is 1. The second kappa shape index (κ2) is 4.52. The Morgan fingerprint density at radius 3 is 2.72 bits per heavy atom. The van der Waals surface area contributed by atoms with Crippen molar-refractivity contribution in [3.8, 4) is 5.75 Å². The van der Waals surface area contributed by atoms with E-state index in [1.807, 2.05) is 4.90 Å². The van der Waals surface area contributed by atoms with Crippen LogP contribution in [0.4, 0.5) is 5.69 Å². The van der Waals surface area contributed by atoms with E-state index in [1.54, 1.807) is 18.2 Å². The van der Waals surface area contributed by atoms with E-state index in [0.29, 0.717) is 17.0 Å². The Hall–Kier alpha value is -1.71. The van der Waals surface area contributed by atoms with Crippen molar-refractivity contribution < 1.29 is 9.53 Å². The molecule has 0 atom stereocenters. The Kier molecular flexibility index (Phi) is 3.20. The molecule has 4 nitrogen and oxygen atoms in total. The third kappa shape index (κ3) is 2.03. The predicted octanol–water partition coefficient (Wildman–Crippen LogP) is 2.29. The van der Waals surface area contributed by atoms with E-state index in [0.717, 1.165) is 19.4 Å². The number of ether oxygens (including phenoxy) is 1. The Bertz CT molecular complexity index is 469. The van der Waals surface area contributed by atoms with Crippen LogP contribution in [0.15, 0.2) is 18.2 Å². The first kappa shape index (κ1) is 12.7. The number of hydrogen-bond donors (Lipinski definition) is 1. The van der Waals surface area contributed by atoms with E-state index < -0.39 is 0 Å². The summed E-state index contributed by atoms with van der Waals surface area (Å²) in [6.45, 7) is 4.98. The lowest BCUT2D eigenvalue weighted by Crippen LogP contribution is -2.42. The standard InChI is InChI=1S/C14H20N2O2/c1-14(2)8-5-9-16(14)13(17)10-6-4-7-11(15)12(10)18-3/h4,6-7H,5,8-9,15H2,1-3H3. The number of likely N-dealkylation sites (tertiary alicyclic amines) is 1. The Morgan fingerprint density at radius 1 is 1.44 bits per heavy atom. The van der Waals surface area contributed by atoms with Crippen LogP contribution in [0.2, 0.25) is 0 Å². The van der Waals surface area contributed by atoms with Crippen LogP contribution in [0.5, 0.6) is 5.75 Å². The number of hydrogen-bond acceptors (Lipinski definition) is 3. The molecule has 0 spiro atoms. The van der Waals surface area contributed by atoms with Crippen molar-refractivity contribution in [2.75, 3.05) is 19.4 Å². The third-order valence-corrected chi connectivity index (χ3v) is 3.63. The maximum absolute atomic E-state index is 12.6. The zero-order valence-corrected chi connectivity index (χ0v) is 11.2. The molecule has 1 aliphatic rings. The van der Waals surface area contributed by atoms with Gasteiger partial charge in [-0.25, -0.2) is 0 Å². The van der Waals surface area contributed by atoms with Crippen molar-refractivity contribution in [3.63, 3.8) is 0 Å². The SMILES string of the molecule is COc1c(N)cccc1C(=O)N1CCCC1(C)C. The molecule has 1 aromatic rings. The van der Waals surface area contributed by atoms with Gasteiger partial charge in [0.2, 0.25) is 0 Å². The van der Waals surface area contributed by atoms with Crippen LogP contribution < -0.4 is 10.5 Å². The Labute approximate surface area is 108 Å². The largest absolute Gasteiger partial charge is 0.494 e. The minimum Gasteiger partial charge on any atom is -0.494 e. The predicted molar refractivity (Wildman–Crippen MR) is 71.8 cm³/mol. The van der Waals surface area contributed by atoms with Crippen LogP contribution in [0.1, 0.15) is 37.0 Å². The molecule has 98 valence electrons. The Morgan fingerprint density at radius 2 is 2.17 bits per heavy atom. The van der Waals surface area contributed by atoms with Crippen LogP contribution in [0.25, 0.3) is 0 Å². The van der Waals surface area contributed by atoms with Crippen molar-refractivity contribution in [2.24, 2.45) is 0 Å². The van der Waals surface area contributed by atoms with Gasteiger partial charge in [0.1, 0.15) is 0 Å². The van der Waals surface area contributed by atoms with Crippen LogP contribution in [0, 0.1) is 0 Å². The normalized spacial score (nSPS) is 17.8. The fourth-order valence-electron chi connectivity index (χ4n) is 2.58. The second-order valence-electron chi connectivity index (χ2n) is 5.30. The van der Waals surface area contributed by atoms with Gasteiger partial charge in [-0.3, -0.25) is 4.79 Å². The lowest BCUT2D eigenvalue weighted by Gasteiger charge is -2.32. The molecule has 0 aromatic heterocycles. The van der Waals surface area contributed by atoms with Gasteiger partial charge in [0.05, 0.1) is 18.4 Å². The van der Waals surface area contributed by atoms with Crippen molar-refractivity contribution >= 4 is 11.6 Å². The van der Waals surface area contributed by atoms with Crippen LogP contribution in [-0.2, 0) is 0 Å². The first-order chi connectivity index (χ1) is 8.47. The molecule has 0 saturated carbocycles. The molecular weight excluding hydrogens is 228 g/mol. The number of methoxy groups -OCH3 is 1. The summed E-state index contributed by atoms with van der Waals surface area (Å²) in [6, 6.07) is 5.30. The summed E-state index contributed by atoms with van der Waals surface area (Å²) in [5, 5.41) is 0. The van der Waals surface area contributed by atoms with E-state index in [1.165, 1.54) is 7.11 Å². The average Bonchev–Trinajstić information content (AvgIpc) is 2.67. The topological polar surface area (TPSA) is 55.6 Å². The molecular formula is C14H20N2O2. The molecule has 0 aliphatic carbocycles. The first-order valence-corrected chi connectivity index (χ1v) is 6.22. The van der Waals surface area contributed by atoms with E-state index in [-0.39, 0.29) is 11.4 Å².